The van der Waals surface area contributed by atoms with Gasteiger partial charge in [0.15, 0.2) is 0 Å². The zero-order chi connectivity index (χ0) is 13.0. The summed E-state index contributed by atoms with van der Waals surface area (Å²) in [7, 11) is 0. The van der Waals surface area contributed by atoms with Gasteiger partial charge >= 0.3 is 0 Å². The summed E-state index contributed by atoms with van der Waals surface area (Å²) in [6.45, 7) is 6.29. The van der Waals surface area contributed by atoms with Gasteiger partial charge in [-0.2, -0.15) is 0 Å². The number of rotatable bonds is 1. The van der Waals surface area contributed by atoms with Crippen LogP contribution in [0.2, 0.25) is 0 Å². The van der Waals surface area contributed by atoms with E-state index in [9.17, 15) is 0 Å². The van der Waals surface area contributed by atoms with Crippen molar-refractivity contribution in [1.82, 2.24) is 5.32 Å². The number of piperidine rings is 1. The standard InChI is InChI=1S/C15H19N.C2H6/c1-11(12-5-3-2-4-6-12)13-9-14-7-8-15(10-13)16-14;1-2/h2-6,14-16H,7-10H2,1H3;1-2H3. The number of hydrogen-bond acceptors (Lipinski definition) is 1. The molecule has 1 nitrogen and oxygen atoms in total. The Kier molecular flexibility index (Phi) is 4.60. The van der Waals surface area contributed by atoms with Gasteiger partial charge < -0.3 is 5.32 Å². The molecule has 2 atom stereocenters. The molecule has 1 N–H and O–H groups in total. The smallest absolute Gasteiger partial charge is 0.0108 e. The van der Waals surface area contributed by atoms with E-state index < -0.39 is 0 Å². The first-order valence-corrected chi connectivity index (χ1v) is 7.33. The molecule has 2 heterocycles. The van der Waals surface area contributed by atoms with Gasteiger partial charge in [-0.3, -0.25) is 0 Å². The number of hydrogen-bond donors (Lipinski definition) is 1. The number of benzene rings is 1. The van der Waals surface area contributed by atoms with E-state index in [1.165, 1.54) is 36.8 Å². The molecule has 0 saturated carbocycles. The third-order valence-electron chi connectivity index (χ3n) is 4.06. The molecule has 2 saturated heterocycles. The Bertz CT molecular complexity index is 391. The first-order chi connectivity index (χ1) is 8.83. The minimum atomic E-state index is 0.757. The molecule has 0 radical (unpaired) electrons. The van der Waals surface area contributed by atoms with Crippen LogP contribution in [0.3, 0.4) is 0 Å². The largest absolute Gasteiger partial charge is 0.311 e. The highest BCUT2D eigenvalue weighted by Crippen LogP contribution is 2.34. The van der Waals surface area contributed by atoms with Crippen molar-refractivity contribution in [1.29, 1.82) is 0 Å². The van der Waals surface area contributed by atoms with Crippen molar-refractivity contribution < 1.29 is 0 Å². The molecule has 0 spiro atoms. The predicted octanol–water partition coefficient (Wildman–Crippen LogP) is 4.40. The molecular weight excluding hydrogens is 218 g/mol. The maximum atomic E-state index is 3.69. The van der Waals surface area contributed by atoms with E-state index in [-0.39, 0.29) is 0 Å². The Morgan fingerprint density at radius 2 is 1.56 bits per heavy atom. The van der Waals surface area contributed by atoms with Crippen LogP contribution in [0.4, 0.5) is 0 Å². The van der Waals surface area contributed by atoms with Crippen molar-refractivity contribution in [2.24, 2.45) is 0 Å². The van der Waals surface area contributed by atoms with Crippen molar-refractivity contribution in [2.75, 3.05) is 0 Å². The highest BCUT2D eigenvalue weighted by atomic mass is 15.0. The molecule has 2 unspecified atom stereocenters. The molecule has 0 aromatic heterocycles. The van der Waals surface area contributed by atoms with Crippen LogP contribution < -0.4 is 5.32 Å². The highest BCUT2D eigenvalue weighted by Gasteiger charge is 2.30. The van der Waals surface area contributed by atoms with Crippen molar-refractivity contribution >= 4 is 5.57 Å². The molecule has 3 rings (SSSR count). The van der Waals surface area contributed by atoms with E-state index in [1.807, 2.05) is 13.8 Å². The van der Waals surface area contributed by atoms with E-state index in [1.54, 1.807) is 5.57 Å². The number of nitrogens with one attached hydrogen (secondary N) is 1. The van der Waals surface area contributed by atoms with E-state index >= 15 is 0 Å². The molecule has 98 valence electrons. The summed E-state index contributed by atoms with van der Waals surface area (Å²) in [5.41, 5.74) is 4.59. The Hall–Kier alpha value is -1.08. The number of fused-ring (bicyclic) bond motifs is 2. The Labute approximate surface area is 111 Å². The van der Waals surface area contributed by atoms with E-state index in [0.717, 1.165) is 12.1 Å². The lowest BCUT2D eigenvalue weighted by Gasteiger charge is -2.25. The molecule has 2 aliphatic rings. The second-order valence-electron chi connectivity index (χ2n) is 5.14. The van der Waals surface area contributed by atoms with E-state index in [2.05, 4.69) is 42.6 Å². The fraction of sp³-hybridized carbons (Fsp3) is 0.529. The lowest BCUT2D eigenvalue weighted by Crippen LogP contribution is -2.34. The quantitative estimate of drug-likeness (QED) is 0.771. The van der Waals surface area contributed by atoms with Crippen molar-refractivity contribution in [2.45, 2.75) is 58.5 Å². The Morgan fingerprint density at radius 3 is 2.11 bits per heavy atom. The highest BCUT2D eigenvalue weighted by molar-refractivity contribution is 5.67. The minimum absolute atomic E-state index is 0.757. The molecule has 1 aromatic rings. The van der Waals surface area contributed by atoms with Crippen LogP contribution in [0.15, 0.2) is 35.9 Å². The molecule has 0 aliphatic carbocycles. The van der Waals surface area contributed by atoms with Crippen molar-refractivity contribution in [3.63, 3.8) is 0 Å². The second kappa shape index (κ2) is 6.19. The average molecular weight is 243 g/mol. The van der Waals surface area contributed by atoms with E-state index in [4.69, 9.17) is 0 Å². The van der Waals surface area contributed by atoms with Crippen LogP contribution in [-0.4, -0.2) is 12.1 Å². The second-order valence-corrected chi connectivity index (χ2v) is 5.14. The van der Waals surface area contributed by atoms with Crippen LogP contribution in [0.25, 0.3) is 5.57 Å². The maximum Gasteiger partial charge on any atom is 0.0108 e. The average Bonchev–Trinajstić information content (AvgIpc) is 2.80. The normalized spacial score (nSPS) is 25.4. The summed E-state index contributed by atoms with van der Waals surface area (Å²) in [4.78, 5) is 0. The van der Waals surface area contributed by atoms with Crippen molar-refractivity contribution in [3.8, 4) is 0 Å². The third-order valence-corrected chi connectivity index (χ3v) is 4.06. The monoisotopic (exact) mass is 243 g/mol. The lowest BCUT2D eigenvalue weighted by atomic mass is 9.91. The molecule has 2 fully saturated rings. The third kappa shape index (κ3) is 2.84. The zero-order valence-electron chi connectivity index (χ0n) is 11.9. The molecule has 1 aromatic carbocycles. The SMILES string of the molecule is CC.CC(=C1CC2CCC(C1)N2)c1ccccc1. The molecule has 18 heavy (non-hydrogen) atoms. The van der Waals surface area contributed by atoms with Crippen LogP contribution in [-0.2, 0) is 0 Å². The van der Waals surface area contributed by atoms with Gasteiger partial charge in [-0.25, -0.2) is 0 Å². The van der Waals surface area contributed by atoms with Gasteiger partial charge in [0.05, 0.1) is 0 Å². The topological polar surface area (TPSA) is 12.0 Å². The molecule has 0 amide bonds. The lowest BCUT2D eigenvalue weighted by molar-refractivity contribution is 0.475. The maximum absolute atomic E-state index is 3.69. The van der Waals surface area contributed by atoms with Gasteiger partial charge in [0.25, 0.3) is 0 Å². The molecule has 1 heteroatoms. The summed E-state index contributed by atoms with van der Waals surface area (Å²) >= 11 is 0. The summed E-state index contributed by atoms with van der Waals surface area (Å²) in [5, 5.41) is 3.69. The summed E-state index contributed by atoms with van der Waals surface area (Å²) in [5.74, 6) is 0. The number of allylic oxidation sites excluding steroid dienone is 1. The van der Waals surface area contributed by atoms with Gasteiger partial charge in [-0.05, 0) is 43.7 Å². The van der Waals surface area contributed by atoms with Gasteiger partial charge in [-0.15, -0.1) is 0 Å². The van der Waals surface area contributed by atoms with Crippen molar-refractivity contribution in [3.05, 3.63) is 41.5 Å². The summed E-state index contributed by atoms with van der Waals surface area (Å²) < 4.78 is 0. The minimum Gasteiger partial charge on any atom is -0.311 e. The van der Waals surface area contributed by atoms with Crippen LogP contribution in [0.5, 0.6) is 0 Å². The fourth-order valence-electron chi connectivity index (χ4n) is 3.10. The van der Waals surface area contributed by atoms with Crippen LogP contribution >= 0.6 is 0 Å². The van der Waals surface area contributed by atoms with Gasteiger partial charge in [0, 0.05) is 12.1 Å². The first kappa shape index (κ1) is 13.4. The summed E-state index contributed by atoms with van der Waals surface area (Å²) in [6.07, 6.45) is 5.26. The van der Waals surface area contributed by atoms with Crippen LogP contribution in [0, 0.1) is 0 Å². The fourth-order valence-corrected chi connectivity index (χ4v) is 3.10. The molecular formula is C17H25N. The Morgan fingerprint density at radius 1 is 1.00 bits per heavy atom. The zero-order valence-corrected chi connectivity index (χ0v) is 11.9. The molecule has 2 bridgehead atoms. The van der Waals surface area contributed by atoms with E-state index in [0.29, 0.717) is 0 Å². The predicted molar refractivity (Wildman–Crippen MR) is 79.6 cm³/mol. The molecule has 2 aliphatic heterocycles. The summed E-state index contributed by atoms with van der Waals surface area (Å²) in [6, 6.07) is 12.3. The Balaban J connectivity index is 0.000000574. The first-order valence-electron chi connectivity index (χ1n) is 7.33. The van der Waals surface area contributed by atoms with Gasteiger partial charge in [0.1, 0.15) is 0 Å². The van der Waals surface area contributed by atoms with Gasteiger partial charge in [0.2, 0.25) is 0 Å². The van der Waals surface area contributed by atoms with Crippen LogP contribution in [0.1, 0.15) is 52.0 Å². The van der Waals surface area contributed by atoms with Gasteiger partial charge in [-0.1, -0.05) is 49.8 Å².